The first-order valence-electron chi connectivity index (χ1n) is 6.32. The quantitative estimate of drug-likeness (QED) is 0.916. The second kappa shape index (κ2) is 6.62. The second-order valence-electron chi connectivity index (χ2n) is 4.35. The molecule has 0 heterocycles. The van der Waals surface area contributed by atoms with E-state index in [1.165, 1.54) is 12.1 Å². The fraction of sp³-hybridized carbons (Fsp3) is 0.188. The zero-order chi connectivity index (χ0) is 15.2. The van der Waals surface area contributed by atoms with Gasteiger partial charge in [-0.05, 0) is 35.9 Å². The number of rotatable bonds is 5. The van der Waals surface area contributed by atoms with Crippen LogP contribution in [0.5, 0.6) is 11.5 Å². The highest BCUT2D eigenvalue weighted by Crippen LogP contribution is 2.27. The summed E-state index contributed by atoms with van der Waals surface area (Å²) in [6, 6.07) is 11.8. The molecule has 2 aromatic carbocycles. The Kier molecular flexibility index (Phi) is 4.62. The van der Waals surface area contributed by atoms with Crippen molar-refractivity contribution in [3.05, 3.63) is 53.3 Å². The minimum Gasteiger partial charge on any atom is -0.493 e. The highest BCUT2D eigenvalue weighted by Gasteiger charge is 2.05. The number of hydrogen-bond donors (Lipinski definition) is 1. The maximum atomic E-state index is 13.5. The van der Waals surface area contributed by atoms with Crippen LogP contribution in [0.15, 0.2) is 36.4 Å². The lowest BCUT2D eigenvalue weighted by Crippen LogP contribution is -2.01. The van der Waals surface area contributed by atoms with Gasteiger partial charge in [0.25, 0.3) is 0 Å². The average Bonchev–Trinajstić information content (AvgIpc) is 2.52. The number of nitrogens with one attached hydrogen (secondary N) is 1. The van der Waals surface area contributed by atoms with E-state index in [1.54, 1.807) is 26.4 Å². The Labute approximate surface area is 122 Å². The second-order valence-corrected chi connectivity index (χ2v) is 4.35. The van der Waals surface area contributed by atoms with Crippen molar-refractivity contribution in [2.45, 2.75) is 6.54 Å². The van der Waals surface area contributed by atoms with Gasteiger partial charge in [0, 0.05) is 12.2 Å². The lowest BCUT2D eigenvalue weighted by Gasteiger charge is -2.11. The van der Waals surface area contributed by atoms with Crippen LogP contribution in [0.25, 0.3) is 0 Å². The summed E-state index contributed by atoms with van der Waals surface area (Å²) in [6.45, 7) is 0.506. The van der Waals surface area contributed by atoms with E-state index in [1.807, 2.05) is 18.2 Å². The van der Waals surface area contributed by atoms with Crippen molar-refractivity contribution in [3.63, 3.8) is 0 Å². The van der Waals surface area contributed by atoms with E-state index < -0.39 is 5.82 Å². The van der Waals surface area contributed by atoms with Crippen LogP contribution in [0.1, 0.15) is 11.1 Å². The molecule has 0 aliphatic carbocycles. The van der Waals surface area contributed by atoms with Gasteiger partial charge in [-0.15, -0.1) is 0 Å². The smallest absolute Gasteiger partial charge is 0.161 e. The van der Waals surface area contributed by atoms with E-state index in [9.17, 15) is 4.39 Å². The van der Waals surface area contributed by atoms with E-state index >= 15 is 0 Å². The van der Waals surface area contributed by atoms with Crippen LogP contribution < -0.4 is 14.8 Å². The number of methoxy groups -OCH3 is 2. The van der Waals surface area contributed by atoms with Crippen LogP contribution in [0, 0.1) is 17.1 Å². The standard InChI is InChI=1S/C16H15FN2O2/c1-20-15-6-3-11(7-16(15)21-2)10-19-13-5-4-12(9-18)14(17)8-13/h3-8,19H,10H2,1-2H3. The average molecular weight is 286 g/mol. The zero-order valence-corrected chi connectivity index (χ0v) is 11.8. The number of benzene rings is 2. The van der Waals surface area contributed by atoms with E-state index in [0.29, 0.717) is 23.7 Å². The van der Waals surface area contributed by atoms with E-state index in [4.69, 9.17) is 14.7 Å². The van der Waals surface area contributed by atoms with Crippen molar-refractivity contribution >= 4 is 5.69 Å². The van der Waals surface area contributed by atoms with Gasteiger partial charge >= 0.3 is 0 Å². The molecule has 0 radical (unpaired) electrons. The minimum atomic E-state index is -0.533. The molecule has 1 N–H and O–H groups in total. The predicted molar refractivity (Wildman–Crippen MR) is 78.0 cm³/mol. The third-order valence-electron chi connectivity index (χ3n) is 3.03. The molecule has 5 heteroatoms. The molecule has 0 atom stereocenters. The summed E-state index contributed by atoms with van der Waals surface area (Å²) in [5.74, 6) is 0.767. The van der Waals surface area contributed by atoms with Gasteiger partial charge in [0.05, 0.1) is 19.8 Å². The number of halogens is 1. The number of anilines is 1. The molecule has 0 saturated carbocycles. The molecule has 0 unspecified atom stereocenters. The summed E-state index contributed by atoms with van der Waals surface area (Å²) in [5, 5.41) is 11.8. The summed E-state index contributed by atoms with van der Waals surface area (Å²) in [5.41, 5.74) is 1.62. The Balaban J connectivity index is 2.09. The monoisotopic (exact) mass is 286 g/mol. The van der Waals surface area contributed by atoms with Gasteiger partial charge in [0.2, 0.25) is 0 Å². The summed E-state index contributed by atoms with van der Waals surface area (Å²) in [4.78, 5) is 0. The molecule has 0 bridgehead atoms. The molecule has 0 aliphatic heterocycles. The summed E-state index contributed by atoms with van der Waals surface area (Å²) >= 11 is 0. The first kappa shape index (κ1) is 14.7. The molecular weight excluding hydrogens is 271 g/mol. The van der Waals surface area contributed by atoms with Crippen molar-refractivity contribution in [2.75, 3.05) is 19.5 Å². The lowest BCUT2D eigenvalue weighted by molar-refractivity contribution is 0.354. The Bertz CT molecular complexity index is 680. The Hall–Kier alpha value is -2.74. The fourth-order valence-corrected chi connectivity index (χ4v) is 1.91. The van der Waals surface area contributed by atoms with Crippen LogP contribution in [0.2, 0.25) is 0 Å². The van der Waals surface area contributed by atoms with Crippen LogP contribution in [0.3, 0.4) is 0 Å². The van der Waals surface area contributed by atoms with Gasteiger partial charge < -0.3 is 14.8 Å². The molecule has 21 heavy (non-hydrogen) atoms. The maximum Gasteiger partial charge on any atom is 0.161 e. The normalized spacial score (nSPS) is 9.81. The molecule has 0 fully saturated rings. The van der Waals surface area contributed by atoms with Gasteiger partial charge in [-0.1, -0.05) is 6.07 Å². The summed E-state index contributed by atoms with van der Waals surface area (Å²) < 4.78 is 23.9. The predicted octanol–water partition coefficient (Wildman–Crippen LogP) is 3.33. The van der Waals surface area contributed by atoms with Crippen molar-refractivity contribution in [3.8, 4) is 17.6 Å². The molecule has 2 rings (SSSR count). The number of ether oxygens (including phenoxy) is 2. The SMILES string of the molecule is COc1ccc(CNc2ccc(C#N)c(F)c2)cc1OC. The molecule has 2 aromatic rings. The molecule has 0 amide bonds. The van der Waals surface area contributed by atoms with Gasteiger partial charge in [-0.25, -0.2) is 4.39 Å². The topological polar surface area (TPSA) is 54.3 Å². The van der Waals surface area contributed by atoms with Gasteiger partial charge in [0.1, 0.15) is 11.9 Å². The number of hydrogen-bond acceptors (Lipinski definition) is 4. The minimum absolute atomic E-state index is 0.0340. The molecule has 4 nitrogen and oxygen atoms in total. The molecule has 0 aliphatic rings. The lowest BCUT2D eigenvalue weighted by atomic mass is 10.1. The fourth-order valence-electron chi connectivity index (χ4n) is 1.91. The van der Waals surface area contributed by atoms with Crippen molar-refractivity contribution in [1.29, 1.82) is 5.26 Å². The third-order valence-corrected chi connectivity index (χ3v) is 3.03. The highest BCUT2D eigenvalue weighted by molar-refractivity contribution is 5.49. The van der Waals surface area contributed by atoms with Crippen LogP contribution in [-0.2, 0) is 6.54 Å². The highest BCUT2D eigenvalue weighted by atomic mass is 19.1. The number of nitriles is 1. The first-order chi connectivity index (χ1) is 10.2. The van der Waals surface area contributed by atoms with Gasteiger partial charge in [0.15, 0.2) is 11.5 Å². The Morgan fingerprint density at radius 3 is 2.48 bits per heavy atom. The van der Waals surface area contributed by atoms with Crippen molar-refractivity contribution in [1.82, 2.24) is 0 Å². The van der Waals surface area contributed by atoms with E-state index in [-0.39, 0.29) is 5.56 Å². The maximum absolute atomic E-state index is 13.5. The largest absolute Gasteiger partial charge is 0.493 e. The van der Waals surface area contributed by atoms with E-state index in [0.717, 1.165) is 5.56 Å². The summed E-state index contributed by atoms with van der Waals surface area (Å²) in [6.07, 6.45) is 0. The third kappa shape index (κ3) is 3.42. The van der Waals surface area contributed by atoms with Crippen LogP contribution in [-0.4, -0.2) is 14.2 Å². The molecule has 0 aromatic heterocycles. The molecule has 108 valence electrons. The Morgan fingerprint density at radius 1 is 1.10 bits per heavy atom. The molecule has 0 saturated heterocycles. The summed E-state index contributed by atoms with van der Waals surface area (Å²) in [7, 11) is 3.15. The van der Waals surface area contributed by atoms with Crippen molar-refractivity contribution < 1.29 is 13.9 Å². The van der Waals surface area contributed by atoms with Gasteiger partial charge in [-0.3, -0.25) is 0 Å². The Morgan fingerprint density at radius 2 is 1.86 bits per heavy atom. The van der Waals surface area contributed by atoms with Gasteiger partial charge in [-0.2, -0.15) is 5.26 Å². The molecule has 0 spiro atoms. The zero-order valence-electron chi connectivity index (χ0n) is 11.8. The van der Waals surface area contributed by atoms with Crippen molar-refractivity contribution in [2.24, 2.45) is 0 Å². The first-order valence-corrected chi connectivity index (χ1v) is 6.32. The van der Waals surface area contributed by atoms with Crippen LogP contribution >= 0.6 is 0 Å². The molecular formula is C16H15FN2O2. The van der Waals surface area contributed by atoms with Crippen LogP contribution in [0.4, 0.5) is 10.1 Å². The number of nitrogens with zero attached hydrogens (tertiary/aromatic N) is 1. The van der Waals surface area contributed by atoms with E-state index in [2.05, 4.69) is 5.32 Å².